The van der Waals surface area contributed by atoms with Crippen LogP contribution < -0.4 is 10.2 Å². The maximum absolute atomic E-state index is 12.3. The molecule has 1 atom stereocenters. The number of pyridine rings is 1. The number of carbonyl (C=O) groups excluding carboxylic acids is 2. The molecule has 2 heterocycles. The normalized spacial score (nSPS) is 16.2. The number of rotatable bonds is 3. The molecule has 9 heteroatoms. The van der Waals surface area contributed by atoms with E-state index in [1.54, 1.807) is 36.5 Å². The van der Waals surface area contributed by atoms with Crippen molar-refractivity contribution in [1.29, 1.82) is 0 Å². The van der Waals surface area contributed by atoms with Gasteiger partial charge in [-0.05, 0) is 24.3 Å². The van der Waals surface area contributed by atoms with E-state index < -0.39 is 36.3 Å². The van der Waals surface area contributed by atoms with Crippen molar-refractivity contribution in [2.24, 2.45) is 0 Å². The average molecular weight is 345 g/mol. The number of amides is 3. The maximum Gasteiger partial charge on any atom is 0.329 e. The Morgan fingerprint density at radius 3 is 2.52 bits per heavy atom. The summed E-state index contributed by atoms with van der Waals surface area (Å²) < 4.78 is 0. The lowest BCUT2D eigenvalue weighted by molar-refractivity contribution is -0.139. The van der Waals surface area contributed by atoms with Gasteiger partial charge in [0, 0.05) is 18.5 Å². The summed E-state index contributed by atoms with van der Waals surface area (Å²) in [5.74, 6) is -2.55. The summed E-state index contributed by atoms with van der Waals surface area (Å²) in [5, 5.41) is 19.2. The van der Waals surface area contributed by atoms with Crippen molar-refractivity contribution in [3.63, 3.8) is 0 Å². The molecule has 1 fully saturated rings. The van der Waals surface area contributed by atoms with Gasteiger partial charge in [-0.1, -0.05) is 6.07 Å². The Kier molecular flexibility index (Phi) is 5.28. The second kappa shape index (κ2) is 7.39. The first-order valence-corrected chi connectivity index (χ1v) is 7.20. The Morgan fingerprint density at radius 2 is 1.88 bits per heavy atom. The van der Waals surface area contributed by atoms with E-state index in [9.17, 15) is 14.4 Å². The molecule has 1 aliphatic rings. The van der Waals surface area contributed by atoms with E-state index >= 15 is 0 Å². The number of fused-ring (bicyclic) bond motifs is 1. The number of urea groups is 1. The maximum atomic E-state index is 12.3. The summed E-state index contributed by atoms with van der Waals surface area (Å²) in [7, 11) is 0. The van der Waals surface area contributed by atoms with E-state index in [0.29, 0.717) is 16.6 Å². The first kappa shape index (κ1) is 17.9. The number of carbonyl (C=O) groups is 4. The molecule has 1 aromatic carbocycles. The van der Waals surface area contributed by atoms with Crippen LogP contribution in [-0.4, -0.2) is 45.1 Å². The average Bonchev–Trinajstić information content (AvgIpc) is 2.80. The van der Waals surface area contributed by atoms with E-state index in [0.717, 1.165) is 11.8 Å². The number of aliphatic carboxylic acids is 2. The monoisotopic (exact) mass is 345 g/mol. The van der Waals surface area contributed by atoms with Gasteiger partial charge in [-0.2, -0.15) is 0 Å². The number of hydrogen-bond donors (Lipinski definition) is 3. The van der Waals surface area contributed by atoms with Crippen molar-refractivity contribution >= 4 is 40.5 Å². The molecule has 130 valence electrons. The summed E-state index contributed by atoms with van der Waals surface area (Å²) in [6, 6.07) is 6.89. The number of nitrogens with zero attached hydrogens (tertiary/aromatic N) is 2. The fourth-order valence-electron chi connectivity index (χ4n) is 2.35. The van der Waals surface area contributed by atoms with Crippen LogP contribution in [0.1, 0.15) is 13.3 Å². The van der Waals surface area contributed by atoms with E-state index in [-0.39, 0.29) is 0 Å². The third kappa shape index (κ3) is 4.08. The van der Waals surface area contributed by atoms with Crippen LogP contribution in [0.2, 0.25) is 0 Å². The van der Waals surface area contributed by atoms with Crippen LogP contribution in [0, 0.1) is 0 Å². The lowest BCUT2D eigenvalue weighted by Crippen LogP contribution is -2.32. The van der Waals surface area contributed by atoms with E-state index in [1.165, 1.54) is 0 Å². The quantitative estimate of drug-likeness (QED) is 0.711. The Bertz CT molecular complexity index is 841. The Morgan fingerprint density at radius 1 is 1.20 bits per heavy atom. The Labute approximate surface area is 141 Å². The lowest BCUT2D eigenvalue weighted by Gasteiger charge is -2.15. The van der Waals surface area contributed by atoms with Crippen molar-refractivity contribution in [1.82, 2.24) is 10.3 Å². The van der Waals surface area contributed by atoms with Gasteiger partial charge in [0.2, 0.25) is 0 Å². The molecule has 1 aromatic heterocycles. The first-order chi connectivity index (χ1) is 11.8. The third-order valence-electron chi connectivity index (χ3n) is 3.26. The fourth-order valence-corrected chi connectivity index (χ4v) is 2.35. The molecule has 0 radical (unpaired) electrons. The molecular formula is C16H15N3O6. The van der Waals surface area contributed by atoms with Crippen molar-refractivity contribution < 1.29 is 29.4 Å². The Hall–Kier alpha value is -3.49. The zero-order valence-corrected chi connectivity index (χ0v) is 13.2. The van der Waals surface area contributed by atoms with Crippen molar-refractivity contribution in [2.75, 3.05) is 4.90 Å². The molecule has 0 spiro atoms. The van der Waals surface area contributed by atoms with Gasteiger partial charge in [-0.3, -0.25) is 19.4 Å². The molecule has 1 aliphatic heterocycles. The number of nitrogens with one attached hydrogen (secondary N) is 1. The molecule has 9 nitrogen and oxygen atoms in total. The smallest absolute Gasteiger partial charge is 0.329 e. The molecule has 3 rings (SSSR count). The van der Waals surface area contributed by atoms with Gasteiger partial charge in [-0.15, -0.1) is 0 Å². The number of carboxylic acid groups (broad SMARTS) is 2. The lowest BCUT2D eigenvalue weighted by atomic mass is 10.1. The molecule has 1 saturated heterocycles. The molecule has 0 unspecified atom stereocenters. The van der Waals surface area contributed by atoms with E-state index in [2.05, 4.69) is 10.3 Å². The van der Waals surface area contributed by atoms with Crippen LogP contribution in [0.3, 0.4) is 0 Å². The predicted octanol–water partition coefficient (Wildman–Crippen LogP) is 1.23. The van der Waals surface area contributed by atoms with Crippen molar-refractivity contribution in [3.05, 3.63) is 36.5 Å². The van der Waals surface area contributed by atoms with Gasteiger partial charge in [0.25, 0.3) is 11.9 Å². The van der Waals surface area contributed by atoms with Crippen LogP contribution in [0.25, 0.3) is 10.9 Å². The molecule has 25 heavy (non-hydrogen) atoms. The summed E-state index contributed by atoms with van der Waals surface area (Å²) >= 11 is 0. The van der Waals surface area contributed by atoms with Crippen LogP contribution in [-0.2, 0) is 14.4 Å². The molecular weight excluding hydrogens is 330 g/mol. The summed E-state index contributed by atoms with van der Waals surface area (Å²) in [6.07, 6.45) is 1.18. The molecule has 0 aliphatic carbocycles. The van der Waals surface area contributed by atoms with Crippen LogP contribution in [0.4, 0.5) is 10.5 Å². The highest BCUT2D eigenvalue weighted by Gasteiger charge is 2.40. The minimum atomic E-state index is -1.14. The molecule has 3 N–H and O–H groups in total. The van der Waals surface area contributed by atoms with Crippen LogP contribution >= 0.6 is 0 Å². The number of benzene rings is 1. The number of imide groups is 1. The number of anilines is 1. The predicted molar refractivity (Wildman–Crippen MR) is 87.1 cm³/mol. The zero-order valence-electron chi connectivity index (χ0n) is 13.2. The molecule has 2 aromatic rings. The standard InChI is InChI=1S/C14H11N3O4.C2H4O2/c18-12(19)7-10-13(20)17(14(21)16-10)11-5-1-4-9-8(11)3-2-6-15-9;1-2(3)4/h1-6,10H,7H2,(H,16,21)(H,18,19);1H3,(H,3,4)/t10-;/m0./s1. The van der Waals surface area contributed by atoms with Gasteiger partial charge in [-0.25, -0.2) is 9.69 Å². The van der Waals surface area contributed by atoms with Gasteiger partial charge < -0.3 is 15.5 Å². The van der Waals surface area contributed by atoms with Gasteiger partial charge in [0.1, 0.15) is 6.04 Å². The second-order valence-electron chi connectivity index (χ2n) is 5.14. The highest BCUT2D eigenvalue weighted by molar-refractivity contribution is 6.24. The van der Waals surface area contributed by atoms with Crippen molar-refractivity contribution in [3.8, 4) is 0 Å². The second-order valence-corrected chi connectivity index (χ2v) is 5.14. The topological polar surface area (TPSA) is 137 Å². The van der Waals surface area contributed by atoms with Gasteiger partial charge in [0.15, 0.2) is 0 Å². The number of carboxylic acids is 2. The summed E-state index contributed by atoms with van der Waals surface area (Å²) in [4.78, 5) is 49.1. The number of aromatic nitrogens is 1. The molecule has 0 saturated carbocycles. The minimum Gasteiger partial charge on any atom is -0.481 e. The highest BCUT2D eigenvalue weighted by Crippen LogP contribution is 2.28. The molecule has 0 bridgehead atoms. The number of hydrogen-bond acceptors (Lipinski definition) is 5. The largest absolute Gasteiger partial charge is 0.481 e. The van der Waals surface area contributed by atoms with Gasteiger partial charge >= 0.3 is 12.0 Å². The van der Waals surface area contributed by atoms with Crippen LogP contribution in [0.5, 0.6) is 0 Å². The SMILES string of the molecule is CC(=O)O.O=C(O)C[C@@H]1NC(=O)N(c2cccc3ncccc23)C1=O. The Balaban J connectivity index is 0.000000511. The van der Waals surface area contributed by atoms with Crippen molar-refractivity contribution in [2.45, 2.75) is 19.4 Å². The highest BCUT2D eigenvalue weighted by atomic mass is 16.4. The minimum absolute atomic E-state index is 0.399. The zero-order chi connectivity index (χ0) is 18.6. The summed E-state index contributed by atoms with van der Waals surface area (Å²) in [5.41, 5.74) is 1.05. The third-order valence-corrected chi connectivity index (χ3v) is 3.26. The van der Waals surface area contributed by atoms with Crippen LogP contribution in [0.15, 0.2) is 36.5 Å². The fraction of sp³-hybridized carbons (Fsp3) is 0.188. The molecule has 3 amide bonds. The first-order valence-electron chi connectivity index (χ1n) is 7.20. The van der Waals surface area contributed by atoms with Gasteiger partial charge in [0.05, 0.1) is 17.6 Å². The van der Waals surface area contributed by atoms with E-state index in [4.69, 9.17) is 15.0 Å². The summed E-state index contributed by atoms with van der Waals surface area (Å²) in [6.45, 7) is 1.08. The van der Waals surface area contributed by atoms with E-state index in [1.807, 2.05) is 0 Å².